The van der Waals surface area contributed by atoms with E-state index in [0.717, 1.165) is 21.8 Å². The summed E-state index contributed by atoms with van der Waals surface area (Å²) in [6.45, 7) is 2.75. The molecule has 2 rings (SSSR count). The molecule has 0 N–H and O–H groups in total. The van der Waals surface area contributed by atoms with Gasteiger partial charge in [-0.3, -0.25) is 9.69 Å². The summed E-state index contributed by atoms with van der Waals surface area (Å²) in [5.41, 5.74) is 0. The highest BCUT2D eigenvalue weighted by Crippen LogP contribution is 2.23. The predicted molar refractivity (Wildman–Crippen MR) is 52.8 cm³/mol. The third-order valence-corrected chi connectivity index (χ3v) is 3.42. The zero-order valence-electron chi connectivity index (χ0n) is 6.42. The van der Waals surface area contributed by atoms with Gasteiger partial charge in [-0.05, 0) is 28.1 Å². The second kappa shape index (κ2) is 3.28. The van der Waals surface area contributed by atoms with E-state index in [1.807, 2.05) is 12.1 Å². The van der Waals surface area contributed by atoms with Gasteiger partial charge < -0.3 is 0 Å². The number of nitrogens with zero attached hydrogens (tertiary/aromatic N) is 1. The van der Waals surface area contributed by atoms with Crippen molar-refractivity contribution in [1.29, 1.82) is 0 Å². The van der Waals surface area contributed by atoms with Gasteiger partial charge in [-0.15, -0.1) is 11.3 Å². The summed E-state index contributed by atoms with van der Waals surface area (Å²) in [6, 6.07) is 3.79. The van der Waals surface area contributed by atoms with E-state index in [1.54, 1.807) is 0 Å². The van der Waals surface area contributed by atoms with Gasteiger partial charge in [0.2, 0.25) is 0 Å². The van der Waals surface area contributed by atoms with Crippen molar-refractivity contribution >= 4 is 33.0 Å². The first kappa shape index (κ1) is 8.41. The number of thiophene rings is 1. The molecule has 1 aromatic heterocycles. The SMILES string of the molecule is O=C(CN1CC1)c1ccc(Br)s1. The standard InChI is InChI=1S/C8H8BrNOS/c9-8-2-1-7(12-8)6(11)5-10-3-4-10/h1-2H,3-5H2. The summed E-state index contributed by atoms with van der Waals surface area (Å²) in [7, 11) is 0. The van der Waals surface area contributed by atoms with Crippen LogP contribution in [0.3, 0.4) is 0 Å². The zero-order chi connectivity index (χ0) is 8.55. The predicted octanol–water partition coefficient (Wildman–Crippen LogP) is 2.01. The number of halogens is 1. The smallest absolute Gasteiger partial charge is 0.186 e. The Labute approximate surface area is 83.3 Å². The van der Waals surface area contributed by atoms with Crippen LogP contribution in [0.15, 0.2) is 15.9 Å². The van der Waals surface area contributed by atoms with Crippen LogP contribution in [-0.2, 0) is 0 Å². The number of rotatable bonds is 3. The topological polar surface area (TPSA) is 20.1 Å². The van der Waals surface area contributed by atoms with Gasteiger partial charge in [0.1, 0.15) is 0 Å². The minimum Gasteiger partial charge on any atom is -0.293 e. The monoisotopic (exact) mass is 245 g/mol. The van der Waals surface area contributed by atoms with Crippen molar-refractivity contribution in [1.82, 2.24) is 4.90 Å². The number of ketones is 1. The quantitative estimate of drug-likeness (QED) is 0.600. The third kappa shape index (κ3) is 1.94. The molecule has 2 nitrogen and oxygen atoms in total. The fraction of sp³-hybridized carbons (Fsp3) is 0.375. The number of hydrogen-bond donors (Lipinski definition) is 0. The Morgan fingerprint density at radius 3 is 2.83 bits per heavy atom. The first-order chi connectivity index (χ1) is 5.75. The molecule has 1 aliphatic heterocycles. The van der Waals surface area contributed by atoms with E-state index in [4.69, 9.17) is 0 Å². The van der Waals surface area contributed by atoms with Crippen LogP contribution in [-0.4, -0.2) is 30.3 Å². The summed E-state index contributed by atoms with van der Waals surface area (Å²) in [6.07, 6.45) is 0. The molecule has 4 heteroatoms. The zero-order valence-corrected chi connectivity index (χ0v) is 8.82. The van der Waals surface area contributed by atoms with E-state index >= 15 is 0 Å². The average molecular weight is 246 g/mol. The Morgan fingerprint density at radius 2 is 2.33 bits per heavy atom. The summed E-state index contributed by atoms with van der Waals surface area (Å²) < 4.78 is 1.02. The minimum atomic E-state index is 0.239. The van der Waals surface area contributed by atoms with Crippen molar-refractivity contribution in [3.8, 4) is 0 Å². The molecular formula is C8H8BrNOS. The molecular weight excluding hydrogens is 238 g/mol. The van der Waals surface area contributed by atoms with Crippen molar-refractivity contribution in [2.45, 2.75) is 0 Å². The first-order valence-electron chi connectivity index (χ1n) is 3.76. The highest BCUT2D eigenvalue weighted by Gasteiger charge is 2.21. The second-order valence-electron chi connectivity index (χ2n) is 2.80. The maximum Gasteiger partial charge on any atom is 0.186 e. The molecule has 1 saturated heterocycles. The Morgan fingerprint density at radius 1 is 1.58 bits per heavy atom. The van der Waals surface area contributed by atoms with Gasteiger partial charge in [-0.2, -0.15) is 0 Å². The molecule has 2 heterocycles. The van der Waals surface area contributed by atoms with Gasteiger partial charge in [-0.1, -0.05) is 0 Å². The molecule has 0 amide bonds. The molecule has 0 spiro atoms. The summed E-state index contributed by atoms with van der Waals surface area (Å²) >= 11 is 4.84. The van der Waals surface area contributed by atoms with E-state index in [-0.39, 0.29) is 5.78 Å². The summed E-state index contributed by atoms with van der Waals surface area (Å²) in [5, 5.41) is 0. The molecule has 1 aliphatic rings. The average Bonchev–Trinajstić information content (AvgIpc) is 2.72. The van der Waals surface area contributed by atoms with E-state index in [0.29, 0.717) is 6.54 Å². The number of carbonyl (C=O) groups is 1. The molecule has 0 atom stereocenters. The largest absolute Gasteiger partial charge is 0.293 e. The molecule has 0 aliphatic carbocycles. The van der Waals surface area contributed by atoms with E-state index in [1.165, 1.54) is 11.3 Å². The molecule has 1 aromatic rings. The van der Waals surface area contributed by atoms with Crippen LogP contribution in [0.1, 0.15) is 9.67 Å². The molecule has 0 aromatic carbocycles. The fourth-order valence-electron chi connectivity index (χ4n) is 0.974. The Bertz CT molecular complexity index is 306. The molecule has 0 radical (unpaired) electrons. The molecule has 1 fully saturated rings. The normalized spacial score (nSPS) is 16.4. The van der Waals surface area contributed by atoms with Crippen molar-refractivity contribution in [2.75, 3.05) is 19.6 Å². The van der Waals surface area contributed by atoms with Crippen LogP contribution >= 0.6 is 27.3 Å². The van der Waals surface area contributed by atoms with Crippen LogP contribution in [0, 0.1) is 0 Å². The summed E-state index contributed by atoms with van der Waals surface area (Å²) in [5.74, 6) is 0.239. The van der Waals surface area contributed by atoms with Crippen LogP contribution in [0.4, 0.5) is 0 Å². The maximum absolute atomic E-state index is 11.5. The van der Waals surface area contributed by atoms with Gasteiger partial charge in [0.15, 0.2) is 5.78 Å². The summed E-state index contributed by atoms with van der Waals surface area (Å²) in [4.78, 5) is 14.4. The Kier molecular flexibility index (Phi) is 2.30. The first-order valence-corrected chi connectivity index (χ1v) is 5.37. The lowest BCUT2D eigenvalue weighted by molar-refractivity contribution is 0.0978. The van der Waals surface area contributed by atoms with Crippen molar-refractivity contribution in [2.24, 2.45) is 0 Å². The maximum atomic E-state index is 11.5. The van der Waals surface area contributed by atoms with Crippen molar-refractivity contribution < 1.29 is 4.79 Å². The van der Waals surface area contributed by atoms with Crippen molar-refractivity contribution in [3.05, 3.63) is 20.8 Å². The van der Waals surface area contributed by atoms with Gasteiger partial charge in [0.25, 0.3) is 0 Å². The number of hydrogen-bond acceptors (Lipinski definition) is 3. The molecule has 0 saturated carbocycles. The minimum absolute atomic E-state index is 0.239. The van der Waals surface area contributed by atoms with Crippen LogP contribution < -0.4 is 0 Å². The van der Waals surface area contributed by atoms with Gasteiger partial charge in [-0.25, -0.2) is 0 Å². The lowest BCUT2D eigenvalue weighted by Crippen LogP contribution is -2.11. The third-order valence-electron chi connectivity index (χ3n) is 1.76. The van der Waals surface area contributed by atoms with E-state index in [9.17, 15) is 4.79 Å². The highest BCUT2D eigenvalue weighted by atomic mass is 79.9. The number of Topliss-reactive ketones (excluding diaryl/α,β-unsaturated/α-hetero) is 1. The van der Waals surface area contributed by atoms with Crippen molar-refractivity contribution in [3.63, 3.8) is 0 Å². The Balaban J connectivity index is 2.03. The van der Waals surface area contributed by atoms with Gasteiger partial charge in [0.05, 0.1) is 15.2 Å². The molecule has 0 bridgehead atoms. The molecule has 0 unspecified atom stereocenters. The fourth-order valence-corrected chi connectivity index (χ4v) is 2.29. The van der Waals surface area contributed by atoms with Crippen LogP contribution in [0.25, 0.3) is 0 Å². The van der Waals surface area contributed by atoms with Crippen LogP contribution in [0.2, 0.25) is 0 Å². The van der Waals surface area contributed by atoms with Gasteiger partial charge in [0, 0.05) is 13.1 Å². The van der Waals surface area contributed by atoms with Gasteiger partial charge >= 0.3 is 0 Å². The molecule has 12 heavy (non-hydrogen) atoms. The lowest BCUT2D eigenvalue weighted by atomic mass is 10.3. The highest BCUT2D eigenvalue weighted by molar-refractivity contribution is 9.11. The molecule has 64 valence electrons. The number of carbonyl (C=O) groups excluding carboxylic acids is 1. The van der Waals surface area contributed by atoms with E-state index < -0.39 is 0 Å². The second-order valence-corrected chi connectivity index (χ2v) is 5.27. The van der Waals surface area contributed by atoms with Crippen LogP contribution in [0.5, 0.6) is 0 Å². The van der Waals surface area contributed by atoms with E-state index in [2.05, 4.69) is 20.8 Å². The lowest BCUT2D eigenvalue weighted by Gasteiger charge is -1.95. The Hall–Kier alpha value is -0.190.